The summed E-state index contributed by atoms with van der Waals surface area (Å²) in [7, 11) is 0. The van der Waals surface area contributed by atoms with Crippen molar-refractivity contribution in [2.45, 2.75) is 71.9 Å². The Balaban J connectivity index is 2.36. The van der Waals surface area contributed by atoms with Gasteiger partial charge in [-0.05, 0) is 71.5 Å². The van der Waals surface area contributed by atoms with Crippen LogP contribution in [0, 0.1) is 5.41 Å². The Kier molecular flexibility index (Phi) is 6.02. The van der Waals surface area contributed by atoms with Crippen molar-refractivity contribution in [1.82, 2.24) is 10.2 Å². The van der Waals surface area contributed by atoms with Crippen LogP contribution in [0.3, 0.4) is 0 Å². The summed E-state index contributed by atoms with van der Waals surface area (Å²) in [5.74, 6) is -0.744. The summed E-state index contributed by atoms with van der Waals surface area (Å²) >= 11 is 0. The number of carboxylic acids is 1. The van der Waals surface area contributed by atoms with Crippen LogP contribution in [0.2, 0.25) is 0 Å². The molecule has 20 heavy (non-hydrogen) atoms. The van der Waals surface area contributed by atoms with E-state index in [1.54, 1.807) is 6.92 Å². The minimum atomic E-state index is -0.802. The van der Waals surface area contributed by atoms with Gasteiger partial charge in [0.15, 0.2) is 0 Å². The van der Waals surface area contributed by atoms with E-state index in [0.717, 1.165) is 26.1 Å². The summed E-state index contributed by atoms with van der Waals surface area (Å²) in [6, 6.07) is 0.187. The van der Waals surface area contributed by atoms with Crippen LogP contribution >= 0.6 is 0 Å². The molecule has 0 amide bonds. The number of rotatable bonds is 7. The monoisotopic (exact) mass is 284 g/mol. The maximum atomic E-state index is 11.4. The SMILES string of the molecule is CC(C)NC(C)(CCCN1CCC(C)(C)CC1)C(=O)O. The van der Waals surface area contributed by atoms with Crippen molar-refractivity contribution >= 4 is 5.97 Å². The summed E-state index contributed by atoms with van der Waals surface area (Å²) in [4.78, 5) is 13.9. The van der Waals surface area contributed by atoms with Crippen LogP contribution in [0.1, 0.15) is 60.3 Å². The van der Waals surface area contributed by atoms with Gasteiger partial charge in [-0.2, -0.15) is 0 Å². The van der Waals surface area contributed by atoms with Gasteiger partial charge in [-0.25, -0.2) is 0 Å². The third-order valence-corrected chi connectivity index (χ3v) is 4.44. The molecule has 1 aliphatic rings. The summed E-state index contributed by atoms with van der Waals surface area (Å²) in [6.45, 7) is 13.8. The first-order chi connectivity index (χ1) is 9.15. The van der Waals surface area contributed by atoms with E-state index in [4.69, 9.17) is 0 Å². The number of aliphatic carboxylic acids is 1. The van der Waals surface area contributed by atoms with Crippen molar-refractivity contribution in [2.75, 3.05) is 19.6 Å². The smallest absolute Gasteiger partial charge is 0.323 e. The Morgan fingerprint density at radius 2 is 1.90 bits per heavy atom. The van der Waals surface area contributed by atoms with Crippen LogP contribution in [-0.4, -0.2) is 47.2 Å². The number of likely N-dealkylation sites (tertiary alicyclic amines) is 1. The molecule has 1 unspecified atom stereocenters. The fraction of sp³-hybridized carbons (Fsp3) is 0.938. The molecule has 0 saturated carbocycles. The Morgan fingerprint density at radius 1 is 1.35 bits per heavy atom. The fourth-order valence-corrected chi connectivity index (χ4v) is 2.92. The van der Waals surface area contributed by atoms with Crippen LogP contribution < -0.4 is 5.32 Å². The molecular formula is C16H32N2O2. The number of carbonyl (C=O) groups is 1. The van der Waals surface area contributed by atoms with Gasteiger partial charge in [0.2, 0.25) is 0 Å². The number of carboxylic acid groups (broad SMARTS) is 1. The van der Waals surface area contributed by atoms with E-state index in [1.165, 1.54) is 12.8 Å². The predicted octanol–water partition coefficient (Wildman–Crippen LogP) is 2.73. The molecule has 1 rings (SSSR count). The Hall–Kier alpha value is -0.610. The van der Waals surface area contributed by atoms with Crippen LogP contribution in [0.5, 0.6) is 0 Å². The zero-order chi connectivity index (χ0) is 15.4. The lowest BCUT2D eigenvalue weighted by Crippen LogP contribution is -2.52. The molecule has 0 spiro atoms. The van der Waals surface area contributed by atoms with Crippen LogP contribution in [0.25, 0.3) is 0 Å². The number of hydrogen-bond donors (Lipinski definition) is 2. The zero-order valence-electron chi connectivity index (χ0n) is 13.8. The summed E-state index contributed by atoms with van der Waals surface area (Å²) in [5, 5.41) is 12.6. The highest BCUT2D eigenvalue weighted by Gasteiger charge is 2.33. The first-order valence-corrected chi connectivity index (χ1v) is 7.88. The van der Waals surface area contributed by atoms with E-state index >= 15 is 0 Å². The van der Waals surface area contributed by atoms with Gasteiger partial charge in [-0.15, -0.1) is 0 Å². The van der Waals surface area contributed by atoms with E-state index < -0.39 is 11.5 Å². The van der Waals surface area contributed by atoms with E-state index in [1.807, 2.05) is 13.8 Å². The van der Waals surface area contributed by atoms with Gasteiger partial charge in [0.05, 0.1) is 0 Å². The summed E-state index contributed by atoms with van der Waals surface area (Å²) in [5.41, 5.74) is -0.325. The maximum Gasteiger partial charge on any atom is 0.323 e. The molecule has 0 bridgehead atoms. The number of nitrogens with one attached hydrogen (secondary N) is 1. The van der Waals surface area contributed by atoms with Crippen molar-refractivity contribution in [2.24, 2.45) is 5.41 Å². The summed E-state index contributed by atoms with van der Waals surface area (Å²) in [6.07, 6.45) is 4.10. The topological polar surface area (TPSA) is 52.6 Å². The lowest BCUT2D eigenvalue weighted by atomic mass is 9.82. The molecule has 1 fully saturated rings. The minimum absolute atomic E-state index is 0.187. The van der Waals surface area contributed by atoms with Gasteiger partial charge in [-0.1, -0.05) is 13.8 Å². The normalized spacial score (nSPS) is 22.7. The molecule has 1 saturated heterocycles. The molecule has 2 N–H and O–H groups in total. The molecule has 0 aliphatic carbocycles. The van der Waals surface area contributed by atoms with E-state index in [-0.39, 0.29) is 6.04 Å². The first kappa shape index (κ1) is 17.4. The Labute approximate surface area is 123 Å². The van der Waals surface area contributed by atoms with E-state index in [9.17, 15) is 9.90 Å². The first-order valence-electron chi connectivity index (χ1n) is 7.88. The second-order valence-corrected chi connectivity index (χ2v) is 7.55. The number of hydrogen-bond acceptors (Lipinski definition) is 3. The average Bonchev–Trinajstić information content (AvgIpc) is 2.30. The van der Waals surface area contributed by atoms with E-state index in [0.29, 0.717) is 11.8 Å². The van der Waals surface area contributed by atoms with Crippen molar-refractivity contribution in [3.8, 4) is 0 Å². The van der Waals surface area contributed by atoms with E-state index in [2.05, 4.69) is 24.1 Å². The molecule has 4 heteroatoms. The van der Waals surface area contributed by atoms with Gasteiger partial charge >= 0.3 is 5.97 Å². The number of nitrogens with zero attached hydrogens (tertiary/aromatic N) is 1. The van der Waals surface area contributed by atoms with Crippen molar-refractivity contribution in [1.29, 1.82) is 0 Å². The molecule has 4 nitrogen and oxygen atoms in total. The zero-order valence-corrected chi connectivity index (χ0v) is 13.8. The quantitative estimate of drug-likeness (QED) is 0.755. The number of piperidine rings is 1. The van der Waals surface area contributed by atoms with Crippen LogP contribution in [0.15, 0.2) is 0 Å². The second-order valence-electron chi connectivity index (χ2n) is 7.55. The third kappa shape index (κ3) is 5.41. The highest BCUT2D eigenvalue weighted by Crippen LogP contribution is 2.29. The Morgan fingerprint density at radius 3 is 2.35 bits per heavy atom. The highest BCUT2D eigenvalue weighted by atomic mass is 16.4. The molecule has 0 radical (unpaired) electrons. The standard InChI is InChI=1S/C16H32N2O2/c1-13(2)17-16(5,14(19)20)7-6-10-18-11-8-15(3,4)9-12-18/h13,17H,6-12H2,1-5H3,(H,19,20). The molecule has 0 aromatic carbocycles. The summed E-state index contributed by atoms with van der Waals surface area (Å²) < 4.78 is 0. The molecule has 0 aromatic heterocycles. The van der Waals surface area contributed by atoms with Crippen LogP contribution in [0.4, 0.5) is 0 Å². The van der Waals surface area contributed by atoms with Gasteiger partial charge < -0.3 is 10.0 Å². The lowest BCUT2D eigenvalue weighted by molar-refractivity contribution is -0.144. The molecule has 1 heterocycles. The molecular weight excluding hydrogens is 252 g/mol. The molecule has 1 atom stereocenters. The van der Waals surface area contributed by atoms with Gasteiger partial charge in [0.1, 0.15) is 5.54 Å². The maximum absolute atomic E-state index is 11.4. The second kappa shape index (κ2) is 6.90. The van der Waals surface area contributed by atoms with Crippen molar-refractivity contribution in [3.05, 3.63) is 0 Å². The van der Waals surface area contributed by atoms with Crippen molar-refractivity contribution in [3.63, 3.8) is 0 Å². The lowest BCUT2D eigenvalue weighted by Gasteiger charge is -2.37. The largest absolute Gasteiger partial charge is 0.480 e. The van der Waals surface area contributed by atoms with Gasteiger partial charge in [0, 0.05) is 6.04 Å². The molecule has 0 aromatic rings. The Bertz CT molecular complexity index is 318. The molecule has 1 aliphatic heterocycles. The highest BCUT2D eigenvalue weighted by molar-refractivity contribution is 5.78. The van der Waals surface area contributed by atoms with Gasteiger partial charge in [-0.3, -0.25) is 10.1 Å². The molecule has 118 valence electrons. The van der Waals surface area contributed by atoms with Crippen molar-refractivity contribution < 1.29 is 9.90 Å². The fourth-order valence-electron chi connectivity index (χ4n) is 2.92. The van der Waals surface area contributed by atoms with Crippen LogP contribution in [-0.2, 0) is 4.79 Å². The minimum Gasteiger partial charge on any atom is -0.480 e. The van der Waals surface area contributed by atoms with Gasteiger partial charge in [0.25, 0.3) is 0 Å². The predicted molar refractivity (Wildman–Crippen MR) is 83.0 cm³/mol. The average molecular weight is 284 g/mol. The third-order valence-electron chi connectivity index (χ3n) is 4.44.